The van der Waals surface area contributed by atoms with E-state index in [4.69, 9.17) is 4.74 Å². The van der Waals surface area contributed by atoms with Crippen LogP contribution in [0.2, 0.25) is 0 Å². The van der Waals surface area contributed by atoms with E-state index in [0.29, 0.717) is 6.10 Å². The van der Waals surface area contributed by atoms with E-state index in [1.165, 1.54) is 38.5 Å². The molecule has 1 saturated carbocycles. The van der Waals surface area contributed by atoms with Gasteiger partial charge in [0.15, 0.2) is 0 Å². The molecular weight excluding hydrogens is 226 g/mol. The first-order valence-electron chi connectivity index (χ1n) is 7.72. The van der Waals surface area contributed by atoms with Crippen molar-refractivity contribution < 1.29 is 9.84 Å². The Morgan fingerprint density at radius 3 is 2.89 bits per heavy atom. The van der Waals surface area contributed by atoms with Crippen molar-refractivity contribution >= 4 is 0 Å². The van der Waals surface area contributed by atoms with E-state index in [1.807, 2.05) is 0 Å². The minimum atomic E-state index is 0.00813. The summed E-state index contributed by atoms with van der Waals surface area (Å²) in [4.78, 5) is 0. The third-order valence-electron chi connectivity index (χ3n) is 4.62. The lowest BCUT2D eigenvalue weighted by molar-refractivity contribution is 0.0891. The van der Waals surface area contributed by atoms with Crippen molar-refractivity contribution in [2.45, 2.75) is 69.9 Å². The lowest BCUT2D eigenvalue weighted by Crippen LogP contribution is -2.51. The fourth-order valence-electron chi connectivity index (χ4n) is 3.58. The molecule has 0 bridgehead atoms. The molecule has 3 unspecified atom stereocenters. The Morgan fingerprint density at radius 1 is 1.33 bits per heavy atom. The first-order chi connectivity index (χ1) is 8.74. The molecule has 106 valence electrons. The van der Waals surface area contributed by atoms with Crippen LogP contribution in [0.4, 0.5) is 0 Å². The second-order valence-corrected chi connectivity index (χ2v) is 6.34. The van der Waals surface area contributed by atoms with Crippen LogP contribution in [-0.4, -0.2) is 36.5 Å². The minimum Gasteiger partial charge on any atom is -0.394 e. The van der Waals surface area contributed by atoms with Crippen molar-refractivity contribution in [3.63, 3.8) is 0 Å². The number of aliphatic hydroxyl groups is 1. The smallest absolute Gasteiger partial charge is 0.0613 e. The highest BCUT2D eigenvalue weighted by atomic mass is 16.5. The Kier molecular flexibility index (Phi) is 5.46. The van der Waals surface area contributed by atoms with Crippen molar-refractivity contribution in [3.05, 3.63) is 0 Å². The maximum Gasteiger partial charge on any atom is 0.0613 e. The summed E-state index contributed by atoms with van der Waals surface area (Å²) in [6.07, 6.45) is 10.1. The van der Waals surface area contributed by atoms with E-state index in [1.54, 1.807) is 0 Å². The summed E-state index contributed by atoms with van der Waals surface area (Å²) in [6, 6.07) is 0. The van der Waals surface area contributed by atoms with E-state index >= 15 is 0 Å². The summed E-state index contributed by atoms with van der Waals surface area (Å²) in [5.41, 5.74) is 0.00813. The number of hydrogen-bond acceptors (Lipinski definition) is 3. The van der Waals surface area contributed by atoms with Crippen LogP contribution in [0.25, 0.3) is 0 Å². The highest BCUT2D eigenvalue weighted by molar-refractivity contribution is 4.92. The molecule has 1 heterocycles. The van der Waals surface area contributed by atoms with Gasteiger partial charge >= 0.3 is 0 Å². The zero-order valence-electron chi connectivity index (χ0n) is 11.8. The topological polar surface area (TPSA) is 41.5 Å². The van der Waals surface area contributed by atoms with E-state index in [0.717, 1.165) is 31.9 Å². The molecule has 2 N–H and O–H groups in total. The average Bonchev–Trinajstić information content (AvgIpc) is 2.88. The van der Waals surface area contributed by atoms with Gasteiger partial charge in [0.2, 0.25) is 0 Å². The Balaban J connectivity index is 1.66. The first kappa shape index (κ1) is 14.3. The summed E-state index contributed by atoms with van der Waals surface area (Å²) < 4.78 is 5.64. The predicted octanol–water partition coefficient (Wildman–Crippen LogP) is 2.48. The fraction of sp³-hybridized carbons (Fsp3) is 1.00. The van der Waals surface area contributed by atoms with Gasteiger partial charge in [-0.2, -0.15) is 0 Å². The molecule has 1 aliphatic heterocycles. The number of rotatable bonds is 6. The molecule has 0 spiro atoms. The maximum absolute atomic E-state index is 9.68. The van der Waals surface area contributed by atoms with Crippen LogP contribution in [0.5, 0.6) is 0 Å². The molecule has 3 nitrogen and oxygen atoms in total. The molecule has 2 aliphatic rings. The summed E-state index contributed by atoms with van der Waals surface area (Å²) >= 11 is 0. The molecule has 1 saturated heterocycles. The monoisotopic (exact) mass is 255 g/mol. The predicted molar refractivity (Wildman–Crippen MR) is 73.7 cm³/mol. The van der Waals surface area contributed by atoms with Crippen LogP contribution < -0.4 is 5.32 Å². The minimum absolute atomic E-state index is 0.00813. The van der Waals surface area contributed by atoms with Crippen molar-refractivity contribution in [2.24, 2.45) is 5.92 Å². The molecule has 2 fully saturated rings. The summed E-state index contributed by atoms with van der Waals surface area (Å²) in [5, 5.41) is 13.3. The van der Waals surface area contributed by atoms with Gasteiger partial charge < -0.3 is 15.2 Å². The van der Waals surface area contributed by atoms with Crippen molar-refractivity contribution in [2.75, 3.05) is 19.8 Å². The lowest BCUT2D eigenvalue weighted by Gasteiger charge is -2.39. The van der Waals surface area contributed by atoms with Gasteiger partial charge in [-0.05, 0) is 51.0 Å². The molecule has 0 amide bonds. The standard InChI is InChI=1S/C15H29NO2/c1-13-5-2-8-15(11-13,12-17)16-9-3-6-14-7-4-10-18-14/h13-14,16-17H,2-12H2,1H3. The number of ether oxygens (including phenoxy) is 1. The Morgan fingerprint density at radius 2 is 2.22 bits per heavy atom. The van der Waals surface area contributed by atoms with E-state index in [2.05, 4.69) is 12.2 Å². The normalized spacial score (nSPS) is 37.0. The second kappa shape index (κ2) is 6.88. The molecule has 3 heteroatoms. The Bertz CT molecular complexity index is 241. The largest absolute Gasteiger partial charge is 0.394 e. The molecule has 2 rings (SSSR count). The van der Waals surface area contributed by atoms with Crippen LogP contribution >= 0.6 is 0 Å². The van der Waals surface area contributed by atoms with Gasteiger partial charge in [0.1, 0.15) is 0 Å². The highest BCUT2D eigenvalue weighted by Crippen LogP contribution is 2.32. The lowest BCUT2D eigenvalue weighted by atomic mass is 9.77. The van der Waals surface area contributed by atoms with Gasteiger partial charge in [-0.1, -0.05) is 19.8 Å². The second-order valence-electron chi connectivity index (χ2n) is 6.34. The molecule has 1 aliphatic carbocycles. The van der Waals surface area contributed by atoms with Crippen molar-refractivity contribution in [3.8, 4) is 0 Å². The van der Waals surface area contributed by atoms with Gasteiger partial charge in [-0.3, -0.25) is 0 Å². The van der Waals surface area contributed by atoms with Gasteiger partial charge in [0.05, 0.1) is 12.7 Å². The summed E-state index contributed by atoms with van der Waals surface area (Å²) in [5.74, 6) is 0.747. The fourth-order valence-corrected chi connectivity index (χ4v) is 3.58. The van der Waals surface area contributed by atoms with Gasteiger partial charge in [-0.15, -0.1) is 0 Å². The quantitative estimate of drug-likeness (QED) is 0.716. The number of aliphatic hydroxyl groups excluding tert-OH is 1. The van der Waals surface area contributed by atoms with Crippen LogP contribution in [0, 0.1) is 5.92 Å². The third-order valence-corrected chi connectivity index (χ3v) is 4.62. The van der Waals surface area contributed by atoms with Gasteiger partial charge in [0.25, 0.3) is 0 Å². The third kappa shape index (κ3) is 3.94. The molecule has 18 heavy (non-hydrogen) atoms. The molecule has 0 aromatic rings. The zero-order valence-corrected chi connectivity index (χ0v) is 11.8. The van der Waals surface area contributed by atoms with E-state index in [-0.39, 0.29) is 12.1 Å². The van der Waals surface area contributed by atoms with Gasteiger partial charge in [0, 0.05) is 12.1 Å². The number of hydrogen-bond donors (Lipinski definition) is 2. The Labute approximate surface area is 111 Å². The average molecular weight is 255 g/mol. The Hall–Kier alpha value is -0.120. The van der Waals surface area contributed by atoms with Gasteiger partial charge in [-0.25, -0.2) is 0 Å². The maximum atomic E-state index is 9.68. The SMILES string of the molecule is CC1CCCC(CO)(NCCCC2CCCO2)C1. The highest BCUT2D eigenvalue weighted by Gasteiger charge is 2.33. The number of nitrogens with one attached hydrogen (secondary N) is 1. The zero-order chi connectivity index (χ0) is 12.8. The molecule has 0 aromatic heterocycles. The van der Waals surface area contributed by atoms with Crippen LogP contribution in [0.15, 0.2) is 0 Å². The molecule has 0 aromatic carbocycles. The summed E-state index contributed by atoms with van der Waals surface area (Å²) in [7, 11) is 0. The van der Waals surface area contributed by atoms with E-state index < -0.39 is 0 Å². The molecular formula is C15H29NO2. The van der Waals surface area contributed by atoms with Crippen LogP contribution in [0.3, 0.4) is 0 Å². The molecule has 3 atom stereocenters. The van der Waals surface area contributed by atoms with Crippen molar-refractivity contribution in [1.82, 2.24) is 5.32 Å². The molecule has 0 radical (unpaired) electrons. The van der Waals surface area contributed by atoms with Crippen molar-refractivity contribution in [1.29, 1.82) is 0 Å². The van der Waals surface area contributed by atoms with Crippen LogP contribution in [0.1, 0.15) is 58.3 Å². The summed E-state index contributed by atoms with van der Waals surface area (Å²) in [6.45, 7) is 4.57. The van der Waals surface area contributed by atoms with Crippen LogP contribution in [-0.2, 0) is 4.74 Å². The van der Waals surface area contributed by atoms with E-state index in [9.17, 15) is 5.11 Å². The first-order valence-corrected chi connectivity index (χ1v) is 7.72.